The van der Waals surface area contributed by atoms with Gasteiger partial charge in [-0.3, -0.25) is 0 Å². The lowest BCUT2D eigenvalue weighted by molar-refractivity contribution is 0.578. The summed E-state index contributed by atoms with van der Waals surface area (Å²) in [5.41, 5.74) is 13.1. The lowest BCUT2D eigenvalue weighted by Crippen LogP contribution is -2.28. The van der Waals surface area contributed by atoms with Gasteiger partial charge in [0.25, 0.3) is 0 Å². The average molecular weight is 453 g/mol. The molecule has 0 bridgehead atoms. The van der Waals surface area contributed by atoms with E-state index in [9.17, 15) is 0 Å². The van der Waals surface area contributed by atoms with Crippen molar-refractivity contribution in [1.82, 2.24) is 5.32 Å². The summed E-state index contributed by atoms with van der Waals surface area (Å²) in [4.78, 5) is 4.80. The third kappa shape index (κ3) is 4.29. The first kappa shape index (κ1) is 22.4. The minimum atomic E-state index is 0. The number of hydrogen-bond acceptors (Lipinski definition) is 3. The molecular formula is C23H28Cl3N3. The lowest BCUT2D eigenvalue weighted by Gasteiger charge is -2.27. The number of fused-ring (bicyclic) bond motifs is 4. The molecule has 3 nitrogen and oxygen atoms in total. The number of halogens is 3. The van der Waals surface area contributed by atoms with Crippen molar-refractivity contribution in [3.05, 3.63) is 63.7 Å². The molecule has 0 aromatic heterocycles. The van der Waals surface area contributed by atoms with E-state index in [0.717, 1.165) is 29.6 Å². The molecule has 1 heterocycles. The summed E-state index contributed by atoms with van der Waals surface area (Å²) in [6, 6.07) is 12.9. The van der Waals surface area contributed by atoms with Crippen LogP contribution in [0.25, 0.3) is 0 Å². The minimum Gasteiger partial charge on any atom is -0.387 e. The van der Waals surface area contributed by atoms with Crippen LogP contribution >= 0.6 is 36.4 Å². The van der Waals surface area contributed by atoms with Gasteiger partial charge in [-0.05, 0) is 78.0 Å². The fourth-order valence-electron chi connectivity index (χ4n) is 5.30. The molecule has 0 amide bonds. The molecule has 3 atom stereocenters. The second-order valence-electron chi connectivity index (χ2n) is 8.29. The molecule has 2 aromatic rings. The van der Waals surface area contributed by atoms with Gasteiger partial charge in [0, 0.05) is 24.0 Å². The number of rotatable bonds is 4. The van der Waals surface area contributed by atoms with Crippen LogP contribution in [0.4, 0.5) is 5.69 Å². The molecule has 3 aliphatic rings. The molecule has 0 radical (unpaired) electrons. The summed E-state index contributed by atoms with van der Waals surface area (Å²) in [6.45, 7) is 1.84. The van der Waals surface area contributed by atoms with Crippen LogP contribution in [0.1, 0.15) is 59.8 Å². The number of nitrogens with one attached hydrogen (secondary N) is 1. The molecule has 0 saturated heterocycles. The first-order chi connectivity index (χ1) is 13.2. The fourth-order valence-corrected chi connectivity index (χ4v) is 5.51. The first-order valence-corrected chi connectivity index (χ1v) is 10.5. The van der Waals surface area contributed by atoms with Gasteiger partial charge in [-0.15, -0.1) is 24.8 Å². The van der Waals surface area contributed by atoms with Gasteiger partial charge in [0.2, 0.25) is 0 Å². The SMILES string of the molecule is Cl.Cl.NC1=Nc2cc3c(cc2C2CCCC12)CCC3CNCc1cccc(Cl)c1. The number of amidine groups is 1. The summed E-state index contributed by atoms with van der Waals surface area (Å²) in [5.74, 6) is 2.50. The molecule has 3 N–H and O–H groups in total. The molecule has 0 spiro atoms. The quantitative estimate of drug-likeness (QED) is 0.607. The normalized spacial score (nSPS) is 23.9. The fraction of sp³-hybridized carbons (Fsp3) is 0.435. The summed E-state index contributed by atoms with van der Waals surface area (Å²) in [6.07, 6.45) is 6.14. The van der Waals surface area contributed by atoms with Gasteiger partial charge in [0.15, 0.2) is 0 Å². The Hall–Kier alpha value is -1.26. The van der Waals surface area contributed by atoms with Gasteiger partial charge in [0.05, 0.1) is 5.69 Å². The highest BCUT2D eigenvalue weighted by molar-refractivity contribution is 6.30. The van der Waals surface area contributed by atoms with Gasteiger partial charge in [-0.2, -0.15) is 0 Å². The zero-order valence-corrected chi connectivity index (χ0v) is 18.8. The molecule has 1 fully saturated rings. The molecule has 1 aliphatic heterocycles. The van der Waals surface area contributed by atoms with E-state index in [1.165, 1.54) is 54.4 Å². The molecule has 5 rings (SSSR count). The smallest absolute Gasteiger partial charge is 0.103 e. The third-order valence-corrected chi connectivity index (χ3v) is 6.88. The van der Waals surface area contributed by atoms with E-state index >= 15 is 0 Å². The summed E-state index contributed by atoms with van der Waals surface area (Å²) >= 11 is 6.09. The van der Waals surface area contributed by atoms with Crippen molar-refractivity contribution in [3.8, 4) is 0 Å². The summed E-state index contributed by atoms with van der Waals surface area (Å²) < 4.78 is 0. The van der Waals surface area contributed by atoms with E-state index in [4.69, 9.17) is 22.3 Å². The number of nitrogens with zero attached hydrogens (tertiary/aromatic N) is 1. The standard InChI is InChI=1S/C23H26ClN3.2ClH/c24-17-4-1-3-14(9-17)12-26-13-16-8-7-15-10-21-18-5-2-6-19(18)23(25)27-22(21)11-20(15)16;;/h1,3-4,9-11,16,18-19,26H,2,5-8,12-13H2,(H2,25,27);2*1H. The second-order valence-corrected chi connectivity index (χ2v) is 8.72. The topological polar surface area (TPSA) is 50.4 Å². The highest BCUT2D eigenvalue weighted by Gasteiger charge is 2.37. The molecule has 2 aliphatic carbocycles. The Morgan fingerprint density at radius 1 is 1.03 bits per heavy atom. The molecular weight excluding hydrogens is 425 g/mol. The van der Waals surface area contributed by atoms with Crippen LogP contribution < -0.4 is 11.1 Å². The third-order valence-electron chi connectivity index (χ3n) is 6.64. The number of hydrogen-bond donors (Lipinski definition) is 2. The van der Waals surface area contributed by atoms with Gasteiger partial charge < -0.3 is 11.1 Å². The van der Waals surface area contributed by atoms with Crippen molar-refractivity contribution in [3.63, 3.8) is 0 Å². The van der Waals surface area contributed by atoms with Gasteiger partial charge in [0.1, 0.15) is 5.84 Å². The van der Waals surface area contributed by atoms with Crippen molar-refractivity contribution in [2.24, 2.45) is 16.6 Å². The van der Waals surface area contributed by atoms with Crippen LogP contribution in [0.3, 0.4) is 0 Å². The van der Waals surface area contributed by atoms with Crippen LogP contribution in [-0.4, -0.2) is 12.4 Å². The molecule has 3 unspecified atom stereocenters. The van der Waals surface area contributed by atoms with Crippen LogP contribution in [0.2, 0.25) is 5.02 Å². The van der Waals surface area contributed by atoms with Crippen LogP contribution in [-0.2, 0) is 13.0 Å². The van der Waals surface area contributed by atoms with Crippen LogP contribution in [0.5, 0.6) is 0 Å². The zero-order chi connectivity index (χ0) is 18.4. The molecule has 1 saturated carbocycles. The maximum Gasteiger partial charge on any atom is 0.103 e. The van der Waals surface area contributed by atoms with Crippen LogP contribution in [0.15, 0.2) is 41.4 Å². The van der Waals surface area contributed by atoms with Gasteiger partial charge in [-0.1, -0.05) is 36.2 Å². The van der Waals surface area contributed by atoms with Crippen molar-refractivity contribution in [2.75, 3.05) is 6.54 Å². The Balaban J connectivity index is 0.00000120. The number of benzene rings is 2. The van der Waals surface area contributed by atoms with Crippen molar-refractivity contribution < 1.29 is 0 Å². The monoisotopic (exact) mass is 451 g/mol. The molecule has 156 valence electrons. The average Bonchev–Trinajstić information content (AvgIpc) is 3.28. The summed E-state index contributed by atoms with van der Waals surface area (Å²) in [7, 11) is 0. The Morgan fingerprint density at radius 2 is 1.86 bits per heavy atom. The largest absolute Gasteiger partial charge is 0.387 e. The highest BCUT2D eigenvalue weighted by atomic mass is 35.5. The lowest BCUT2D eigenvalue weighted by atomic mass is 9.83. The van der Waals surface area contributed by atoms with E-state index in [1.54, 1.807) is 0 Å². The van der Waals surface area contributed by atoms with Gasteiger partial charge >= 0.3 is 0 Å². The van der Waals surface area contributed by atoms with E-state index in [0.29, 0.717) is 17.8 Å². The van der Waals surface area contributed by atoms with Crippen molar-refractivity contribution in [1.29, 1.82) is 0 Å². The van der Waals surface area contributed by atoms with E-state index in [1.807, 2.05) is 18.2 Å². The molecule has 6 heteroatoms. The predicted octanol–water partition coefficient (Wildman–Crippen LogP) is 5.89. The second kappa shape index (κ2) is 9.26. The zero-order valence-electron chi connectivity index (χ0n) is 16.4. The maximum atomic E-state index is 6.30. The minimum absolute atomic E-state index is 0. The van der Waals surface area contributed by atoms with Gasteiger partial charge in [-0.25, -0.2) is 4.99 Å². The number of aryl methyl sites for hydroxylation is 1. The number of nitrogens with two attached hydrogens (primary N) is 1. The van der Waals surface area contributed by atoms with E-state index in [2.05, 4.69) is 23.5 Å². The highest BCUT2D eigenvalue weighted by Crippen LogP contribution is 2.49. The van der Waals surface area contributed by atoms with E-state index in [-0.39, 0.29) is 24.8 Å². The summed E-state index contributed by atoms with van der Waals surface area (Å²) in [5, 5.41) is 4.42. The Bertz CT molecular complexity index is 912. The number of aliphatic imine (C=N–C) groups is 1. The Morgan fingerprint density at radius 3 is 2.69 bits per heavy atom. The van der Waals surface area contributed by atoms with Crippen molar-refractivity contribution >= 4 is 47.9 Å². The first-order valence-electron chi connectivity index (χ1n) is 10.1. The van der Waals surface area contributed by atoms with Crippen molar-refractivity contribution in [2.45, 2.75) is 50.5 Å². The van der Waals surface area contributed by atoms with Crippen LogP contribution in [0, 0.1) is 5.92 Å². The maximum absolute atomic E-state index is 6.30. The molecule has 2 aromatic carbocycles. The predicted molar refractivity (Wildman–Crippen MR) is 127 cm³/mol. The van der Waals surface area contributed by atoms with E-state index < -0.39 is 0 Å². The Kier molecular flexibility index (Phi) is 7.16. The molecule has 29 heavy (non-hydrogen) atoms. The Labute approximate surface area is 190 Å².